The zero-order chi connectivity index (χ0) is 19.2. The first kappa shape index (κ1) is 20.3. The van der Waals surface area contributed by atoms with E-state index in [9.17, 15) is 18.0 Å². The van der Waals surface area contributed by atoms with Gasteiger partial charge in [-0.1, -0.05) is 41.4 Å². The summed E-state index contributed by atoms with van der Waals surface area (Å²) >= 11 is 12.0. The standard InChI is InChI=1S/C17H15Cl2F3N2O2/c18-13-5-1-3-11(15(13)19)6-7-14(25)24-9-12-4-2-8-23-16(12)26-10-17(20,21)22/h1-5,8H,6-7,9-10H2,(H,24,25). The Morgan fingerprint density at radius 3 is 2.62 bits per heavy atom. The number of nitrogens with one attached hydrogen (secondary N) is 1. The van der Waals surface area contributed by atoms with E-state index < -0.39 is 12.8 Å². The maximum atomic E-state index is 12.3. The Balaban J connectivity index is 1.88. The average molecular weight is 407 g/mol. The Morgan fingerprint density at radius 2 is 1.88 bits per heavy atom. The van der Waals surface area contributed by atoms with Gasteiger partial charge < -0.3 is 10.1 Å². The van der Waals surface area contributed by atoms with E-state index in [-0.39, 0.29) is 24.8 Å². The van der Waals surface area contributed by atoms with Crippen molar-refractivity contribution >= 4 is 29.1 Å². The lowest BCUT2D eigenvalue weighted by molar-refractivity contribution is -0.154. The lowest BCUT2D eigenvalue weighted by Crippen LogP contribution is -2.24. The van der Waals surface area contributed by atoms with Crippen LogP contribution in [0.3, 0.4) is 0 Å². The highest BCUT2D eigenvalue weighted by atomic mass is 35.5. The number of carbonyl (C=O) groups is 1. The maximum Gasteiger partial charge on any atom is 0.422 e. The quantitative estimate of drug-likeness (QED) is 0.731. The van der Waals surface area contributed by atoms with Gasteiger partial charge in [0.15, 0.2) is 6.61 Å². The SMILES string of the molecule is O=C(CCc1cccc(Cl)c1Cl)NCc1cccnc1OCC(F)(F)F. The minimum Gasteiger partial charge on any atom is -0.468 e. The summed E-state index contributed by atoms with van der Waals surface area (Å²) in [7, 11) is 0. The Hall–Kier alpha value is -1.99. The first-order chi connectivity index (χ1) is 12.3. The summed E-state index contributed by atoms with van der Waals surface area (Å²) in [5.74, 6) is -0.449. The molecule has 9 heteroatoms. The third-order valence-corrected chi connectivity index (χ3v) is 4.21. The van der Waals surface area contributed by atoms with Crippen molar-refractivity contribution in [1.82, 2.24) is 10.3 Å². The van der Waals surface area contributed by atoms with Crippen molar-refractivity contribution in [3.05, 3.63) is 57.7 Å². The number of aryl methyl sites for hydroxylation is 1. The van der Waals surface area contributed by atoms with E-state index in [0.717, 1.165) is 5.56 Å². The number of amides is 1. The van der Waals surface area contributed by atoms with Gasteiger partial charge in [-0.2, -0.15) is 13.2 Å². The molecule has 0 spiro atoms. The fraction of sp³-hybridized carbons (Fsp3) is 0.294. The van der Waals surface area contributed by atoms with Crippen LogP contribution in [-0.4, -0.2) is 23.7 Å². The molecule has 0 fully saturated rings. The third-order valence-electron chi connectivity index (χ3n) is 3.35. The van der Waals surface area contributed by atoms with Gasteiger partial charge >= 0.3 is 6.18 Å². The number of nitrogens with zero attached hydrogens (tertiary/aromatic N) is 1. The number of aromatic nitrogens is 1. The molecule has 4 nitrogen and oxygen atoms in total. The van der Waals surface area contributed by atoms with Gasteiger partial charge in [0.25, 0.3) is 0 Å². The maximum absolute atomic E-state index is 12.3. The van der Waals surface area contributed by atoms with Gasteiger partial charge in [-0.3, -0.25) is 4.79 Å². The predicted molar refractivity (Wildman–Crippen MR) is 92.4 cm³/mol. The molecule has 1 heterocycles. The molecule has 1 aromatic carbocycles. The number of hydrogen-bond donors (Lipinski definition) is 1. The molecule has 1 aromatic heterocycles. The monoisotopic (exact) mass is 406 g/mol. The Kier molecular flexibility index (Phi) is 7.11. The smallest absolute Gasteiger partial charge is 0.422 e. The molecule has 0 saturated heterocycles. The topological polar surface area (TPSA) is 51.2 Å². The second-order valence-electron chi connectivity index (χ2n) is 5.36. The van der Waals surface area contributed by atoms with Gasteiger partial charge in [0, 0.05) is 24.7 Å². The number of rotatable bonds is 7. The van der Waals surface area contributed by atoms with Crippen molar-refractivity contribution in [3.8, 4) is 5.88 Å². The summed E-state index contributed by atoms with van der Waals surface area (Å²) in [6.07, 6.45) is -2.61. The minimum atomic E-state index is -4.46. The van der Waals surface area contributed by atoms with Crippen LogP contribution in [-0.2, 0) is 17.8 Å². The van der Waals surface area contributed by atoms with Crippen LogP contribution in [0.2, 0.25) is 10.0 Å². The van der Waals surface area contributed by atoms with E-state index in [1.165, 1.54) is 12.3 Å². The van der Waals surface area contributed by atoms with Gasteiger partial charge in [0.1, 0.15) is 0 Å². The summed E-state index contributed by atoms with van der Waals surface area (Å²) < 4.78 is 41.5. The Bertz CT molecular complexity index is 770. The molecule has 0 aliphatic rings. The third kappa shape index (κ3) is 6.38. The van der Waals surface area contributed by atoms with Crippen LogP contribution in [0, 0.1) is 0 Å². The number of ether oxygens (including phenoxy) is 1. The molecule has 0 unspecified atom stereocenters. The second-order valence-corrected chi connectivity index (χ2v) is 6.15. The zero-order valence-corrected chi connectivity index (χ0v) is 15.0. The Labute approximate surface area is 158 Å². The lowest BCUT2D eigenvalue weighted by Gasteiger charge is -2.12. The van der Waals surface area contributed by atoms with Gasteiger partial charge in [0.05, 0.1) is 10.0 Å². The highest BCUT2D eigenvalue weighted by Crippen LogP contribution is 2.26. The second kappa shape index (κ2) is 9.09. The molecule has 1 N–H and O–H groups in total. The van der Waals surface area contributed by atoms with Crippen molar-refractivity contribution in [1.29, 1.82) is 0 Å². The summed E-state index contributed by atoms with van der Waals surface area (Å²) in [5.41, 5.74) is 1.09. The lowest BCUT2D eigenvalue weighted by atomic mass is 10.1. The summed E-state index contributed by atoms with van der Waals surface area (Å²) in [4.78, 5) is 15.8. The molecule has 0 saturated carbocycles. The highest BCUT2D eigenvalue weighted by molar-refractivity contribution is 6.42. The van der Waals surface area contributed by atoms with Crippen LogP contribution in [0.4, 0.5) is 13.2 Å². The normalized spacial score (nSPS) is 11.3. The molecular formula is C17H15Cl2F3N2O2. The summed E-state index contributed by atoms with van der Waals surface area (Å²) in [6, 6.07) is 8.24. The largest absolute Gasteiger partial charge is 0.468 e. The van der Waals surface area contributed by atoms with Crippen molar-refractivity contribution in [2.24, 2.45) is 0 Å². The number of alkyl halides is 3. The van der Waals surface area contributed by atoms with E-state index in [2.05, 4.69) is 15.0 Å². The molecule has 0 radical (unpaired) electrons. The number of hydrogen-bond acceptors (Lipinski definition) is 3. The van der Waals surface area contributed by atoms with Crippen LogP contribution < -0.4 is 10.1 Å². The van der Waals surface area contributed by atoms with E-state index in [1.807, 2.05) is 0 Å². The Morgan fingerprint density at radius 1 is 1.15 bits per heavy atom. The van der Waals surface area contributed by atoms with Gasteiger partial charge in [-0.25, -0.2) is 4.98 Å². The molecule has 2 rings (SSSR count). The minimum absolute atomic E-state index is 0.00312. The van der Waals surface area contributed by atoms with Gasteiger partial charge in [0.2, 0.25) is 11.8 Å². The molecule has 0 bridgehead atoms. The van der Waals surface area contributed by atoms with Crippen molar-refractivity contribution in [2.75, 3.05) is 6.61 Å². The average Bonchev–Trinajstić information content (AvgIpc) is 2.59. The number of carbonyl (C=O) groups excluding carboxylic acids is 1. The molecule has 140 valence electrons. The number of halogens is 5. The van der Waals surface area contributed by atoms with E-state index >= 15 is 0 Å². The van der Waals surface area contributed by atoms with Crippen molar-refractivity contribution in [3.63, 3.8) is 0 Å². The van der Waals surface area contributed by atoms with Crippen LogP contribution in [0.25, 0.3) is 0 Å². The highest BCUT2D eigenvalue weighted by Gasteiger charge is 2.29. The van der Waals surface area contributed by atoms with E-state index in [4.69, 9.17) is 23.2 Å². The fourth-order valence-electron chi connectivity index (χ4n) is 2.11. The molecule has 2 aromatic rings. The molecule has 0 aliphatic carbocycles. The van der Waals surface area contributed by atoms with Crippen LogP contribution in [0.15, 0.2) is 36.5 Å². The molecule has 26 heavy (non-hydrogen) atoms. The first-order valence-corrected chi connectivity index (χ1v) is 8.35. The molecule has 0 aliphatic heterocycles. The van der Waals surface area contributed by atoms with Gasteiger partial charge in [-0.05, 0) is 24.1 Å². The number of pyridine rings is 1. The van der Waals surface area contributed by atoms with Crippen molar-refractivity contribution in [2.45, 2.75) is 25.6 Å². The predicted octanol–water partition coefficient (Wildman–Crippen LogP) is 4.58. The summed E-state index contributed by atoms with van der Waals surface area (Å²) in [6.45, 7) is -1.44. The van der Waals surface area contributed by atoms with Crippen LogP contribution in [0.5, 0.6) is 5.88 Å². The van der Waals surface area contributed by atoms with E-state index in [0.29, 0.717) is 22.0 Å². The fourth-order valence-corrected chi connectivity index (χ4v) is 2.53. The molecule has 0 atom stereocenters. The van der Waals surface area contributed by atoms with E-state index in [1.54, 1.807) is 24.3 Å². The molecule has 1 amide bonds. The van der Waals surface area contributed by atoms with Crippen molar-refractivity contribution < 1.29 is 22.7 Å². The first-order valence-electron chi connectivity index (χ1n) is 7.59. The molecular weight excluding hydrogens is 392 g/mol. The number of benzene rings is 1. The van der Waals surface area contributed by atoms with Gasteiger partial charge in [-0.15, -0.1) is 0 Å². The zero-order valence-electron chi connectivity index (χ0n) is 13.4. The summed E-state index contributed by atoms with van der Waals surface area (Å²) in [5, 5.41) is 3.43. The van der Waals surface area contributed by atoms with Crippen LogP contribution in [0.1, 0.15) is 17.5 Å². The van der Waals surface area contributed by atoms with Crippen LogP contribution >= 0.6 is 23.2 Å².